The average Bonchev–Trinajstić information content (AvgIpc) is 2.42. The molecule has 2 rings (SSSR count). The van der Waals surface area contributed by atoms with E-state index in [0.717, 1.165) is 31.6 Å². The first-order valence-electron chi connectivity index (χ1n) is 5.86. The van der Waals surface area contributed by atoms with Crippen molar-refractivity contribution in [3.63, 3.8) is 0 Å². The molecular formula is C12H20O2. The molecule has 2 nitrogen and oxygen atoms in total. The molecule has 2 aliphatic carbocycles. The van der Waals surface area contributed by atoms with E-state index in [9.17, 15) is 9.90 Å². The van der Waals surface area contributed by atoms with Gasteiger partial charge in [-0.2, -0.15) is 0 Å². The number of aliphatic carboxylic acids is 1. The Morgan fingerprint density at radius 1 is 1.43 bits per heavy atom. The lowest BCUT2D eigenvalue weighted by Crippen LogP contribution is -2.32. The Kier molecular flexibility index (Phi) is 2.54. The molecule has 0 spiro atoms. The molecule has 0 aromatic heterocycles. The van der Waals surface area contributed by atoms with E-state index in [4.69, 9.17) is 0 Å². The fourth-order valence-electron chi connectivity index (χ4n) is 3.11. The number of rotatable bonds is 3. The molecule has 2 fully saturated rings. The minimum atomic E-state index is -0.534. The molecule has 0 amide bonds. The first-order chi connectivity index (χ1) is 6.62. The Bertz CT molecular complexity index is 232. The van der Waals surface area contributed by atoms with Gasteiger partial charge in [-0.15, -0.1) is 0 Å². The molecule has 0 saturated heterocycles. The van der Waals surface area contributed by atoms with Crippen LogP contribution in [0, 0.1) is 17.3 Å². The van der Waals surface area contributed by atoms with Crippen LogP contribution in [0.4, 0.5) is 0 Å². The molecule has 2 saturated carbocycles. The van der Waals surface area contributed by atoms with E-state index in [1.807, 2.05) is 0 Å². The lowest BCUT2D eigenvalue weighted by atomic mass is 9.70. The predicted molar refractivity (Wildman–Crippen MR) is 55.0 cm³/mol. The van der Waals surface area contributed by atoms with Crippen molar-refractivity contribution in [2.45, 2.75) is 51.9 Å². The summed E-state index contributed by atoms with van der Waals surface area (Å²) in [5.74, 6) is 0.802. The van der Waals surface area contributed by atoms with Gasteiger partial charge in [0.2, 0.25) is 0 Å². The zero-order valence-corrected chi connectivity index (χ0v) is 8.96. The molecule has 0 bridgehead atoms. The standard InChI is InChI=1S/C12H20O2/c1-9-5-6-12(7-9,11(13)14)8-10-3-2-4-10/h9-10H,2-8H2,1H3,(H,13,14). The third kappa shape index (κ3) is 1.67. The maximum absolute atomic E-state index is 11.3. The first kappa shape index (κ1) is 10.0. The highest BCUT2D eigenvalue weighted by Crippen LogP contribution is 2.49. The van der Waals surface area contributed by atoms with Gasteiger partial charge in [0, 0.05) is 0 Å². The molecule has 0 aromatic rings. The van der Waals surface area contributed by atoms with Gasteiger partial charge in [-0.1, -0.05) is 26.2 Å². The van der Waals surface area contributed by atoms with Crippen molar-refractivity contribution in [1.82, 2.24) is 0 Å². The number of hydrogen-bond donors (Lipinski definition) is 1. The smallest absolute Gasteiger partial charge is 0.309 e. The van der Waals surface area contributed by atoms with Crippen molar-refractivity contribution in [3.05, 3.63) is 0 Å². The van der Waals surface area contributed by atoms with Gasteiger partial charge < -0.3 is 5.11 Å². The van der Waals surface area contributed by atoms with Gasteiger partial charge in [0.15, 0.2) is 0 Å². The number of carboxylic acid groups (broad SMARTS) is 1. The van der Waals surface area contributed by atoms with Crippen LogP contribution in [0.25, 0.3) is 0 Å². The van der Waals surface area contributed by atoms with E-state index in [1.54, 1.807) is 0 Å². The van der Waals surface area contributed by atoms with Crippen LogP contribution in [0.3, 0.4) is 0 Å². The molecule has 1 N–H and O–H groups in total. The summed E-state index contributed by atoms with van der Waals surface area (Å²) in [6, 6.07) is 0. The van der Waals surface area contributed by atoms with Crippen LogP contribution in [0.2, 0.25) is 0 Å². The first-order valence-corrected chi connectivity index (χ1v) is 5.86. The molecule has 2 aliphatic rings. The summed E-state index contributed by atoms with van der Waals surface area (Å²) in [7, 11) is 0. The zero-order valence-electron chi connectivity index (χ0n) is 8.96. The number of hydrogen-bond acceptors (Lipinski definition) is 1. The SMILES string of the molecule is CC1CCC(CC2CCC2)(C(=O)O)C1. The van der Waals surface area contributed by atoms with Crippen molar-refractivity contribution in [3.8, 4) is 0 Å². The summed E-state index contributed by atoms with van der Waals surface area (Å²) in [5.41, 5.74) is -0.343. The van der Waals surface area contributed by atoms with Crippen LogP contribution in [-0.2, 0) is 4.79 Å². The van der Waals surface area contributed by atoms with Crippen LogP contribution >= 0.6 is 0 Å². The Labute approximate surface area is 85.7 Å². The predicted octanol–water partition coefficient (Wildman–Crippen LogP) is 3.07. The van der Waals surface area contributed by atoms with Gasteiger partial charge in [0.25, 0.3) is 0 Å². The summed E-state index contributed by atoms with van der Waals surface area (Å²) >= 11 is 0. The third-order valence-corrected chi connectivity index (χ3v) is 4.21. The fourth-order valence-corrected chi connectivity index (χ4v) is 3.11. The highest BCUT2D eigenvalue weighted by molar-refractivity contribution is 5.75. The summed E-state index contributed by atoms with van der Waals surface area (Å²) in [4.78, 5) is 11.3. The fraction of sp³-hybridized carbons (Fsp3) is 0.917. The largest absolute Gasteiger partial charge is 0.481 e. The molecule has 14 heavy (non-hydrogen) atoms. The monoisotopic (exact) mass is 196 g/mol. The Balaban J connectivity index is 2.02. The van der Waals surface area contributed by atoms with Crippen molar-refractivity contribution in [2.24, 2.45) is 17.3 Å². The second kappa shape index (κ2) is 3.56. The van der Waals surface area contributed by atoms with Crippen LogP contribution in [-0.4, -0.2) is 11.1 Å². The second-order valence-corrected chi connectivity index (χ2v) is 5.43. The summed E-state index contributed by atoms with van der Waals surface area (Å²) in [6.45, 7) is 2.19. The highest BCUT2D eigenvalue weighted by atomic mass is 16.4. The number of carboxylic acids is 1. The van der Waals surface area contributed by atoms with Gasteiger partial charge in [0.05, 0.1) is 5.41 Å². The molecule has 2 heteroatoms. The normalized spacial score (nSPS) is 38.2. The van der Waals surface area contributed by atoms with Crippen molar-refractivity contribution in [2.75, 3.05) is 0 Å². The molecule has 80 valence electrons. The topological polar surface area (TPSA) is 37.3 Å². The highest BCUT2D eigenvalue weighted by Gasteiger charge is 2.45. The van der Waals surface area contributed by atoms with Gasteiger partial charge in [-0.25, -0.2) is 0 Å². The Hall–Kier alpha value is -0.530. The maximum Gasteiger partial charge on any atom is 0.309 e. The lowest BCUT2D eigenvalue weighted by molar-refractivity contribution is -0.150. The maximum atomic E-state index is 11.3. The second-order valence-electron chi connectivity index (χ2n) is 5.43. The summed E-state index contributed by atoms with van der Waals surface area (Å²) in [5, 5.41) is 9.35. The summed E-state index contributed by atoms with van der Waals surface area (Å²) < 4.78 is 0. The van der Waals surface area contributed by atoms with E-state index in [1.165, 1.54) is 19.3 Å². The third-order valence-electron chi connectivity index (χ3n) is 4.21. The van der Waals surface area contributed by atoms with Crippen molar-refractivity contribution >= 4 is 5.97 Å². The van der Waals surface area contributed by atoms with E-state index in [-0.39, 0.29) is 5.41 Å². The van der Waals surface area contributed by atoms with Gasteiger partial charge in [-0.05, 0) is 37.5 Å². The quantitative estimate of drug-likeness (QED) is 0.753. The molecule has 0 aromatic carbocycles. The Morgan fingerprint density at radius 3 is 2.50 bits per heavy atom. The van der Waals surface area contributed by atoms with Gasteiger partial charge >= 0.3 is 5.97 Å². The van der Waals surface area contributed by atoms with Crippen molar-refractivity contribution < 1.29 is 9.90 Å². The van der Waals surface area contributed by atoms with E-state index in [0.29, 0.717) is 5.92 Å². The Morgan fingerprint density at radius 2 is 2.14 bits per heavy atom. The molecule has 2 atom stereocenters. The lowest BCUT2D eigenvalue weighted by Gasteiger charge is -2.34. The van der Waals surface area contributed by atoms with Crippen LogP contribution in [0.15, 0.2) is 0 Å². The molecular weight excluding hydrogens is 176 g/mol. The van der Waals surface area contributed by atoms with Crippen molar-refractivity contribution in [1.29, 1.82) is 0 Å². The van der Waals surface area contributed by atoms with Crippen LogP contribution in [0.1, 0.15) is 51.9 Å². The van der Waals surface area contributed by atoms with Crippen LogP contribution in [0.5, 0.6) is 0 Å². The zero-order chi connectivity index (χ0) is 10.2. The summed E-state index contributed by atoms with van der Waals surface area (Å²) in [6.07, 6.45) is 7.74. The number of carbonyl (C=O) groups is 1. The van der Waals surface area contributed by atoms with E-state index in [2.05, 4.69) is 6.92 Å². The van der Waals surface area contributed by atoms with E-state index < -0.39 is 5.97 Å². The minimum absolute atomic E-state index is 0.343. The molecule has 2 unspecified atom stereocenters. The van der Waals surface area contributed by atoms with Gasteiger partial charge in [-0.3, -0.25) is 4.79 Å². The molecule has 0 heterocycles. The van der Waals surface area contributed by atoms with Crippen LogP contribution < -0.4 is 0 Å². The van der Waals surface area contributed by atoms with Gasteiger partial charge in [0.1, 0.15) is 0 Å². The van der Waals surface area contributed by atoms with E-state index >= 15 is 0 Å². The molecule has 0 aliphatic heterocycles. The average molecular weight is 196 g/mol. The molecule has 0 radical (unpaired) electrons. The minimum Gasteiger partial charge on any atom is -0.481 e.